The number of anilines is 7. The van der Waals surface area contributed by atoms with E-state index in [1.807, 2.05) is 50.2 Å². The molecule has 0 saturated carbocycles. The van der Waals surface area contributed by atoms with E-state index in [2.05, 4.69) is 114 Å². The van der Waals surface area contributed by atoms with Crippen LogP contribution in [0.3, 0.4) is 0 Å². The molecule has 1 aromatic heterocycles. The molecular formula is C36H40N6. The van der Waals surface area contributed by atoms with Gasteiger partial charge in [0.15, 0.2) is 0 Å². The number of aromatic nitrogens is 1. The van der Waals surface area contributed by atoms with Crippen molar-refractivity contribution >= 4 is 61.6 Å². The van der Waals surface area contributed by atoms with Gasteiger partial charge in [-0.25, -0.2) is 0 Å². The summed E-state index contributed by atoms with van der Waals surface area (Å²) in [5, 5.41) is 5.95. The van der Waals surface area contributed by atoms with E-state index in [1.165, 1.54) is 27.4 Å². The maximum Gasteiger partial charge on any atom is 0.0490 e. The maximum atomic E-state index is 5.90. The highest BCUT2D eigenvalue weighted by atomic mass is 15.1. The summed E-state index contributed by atoms with van der Waals surface area (Å²) in [6.45, 7) is 4.75. The van der Waals surface area contributed by atoms with Gasteiger partial charge in [-0.2, -0.15) is 0 Å². The molecule has 6 aromatic rings. The fourth-order valence-corrected chi connectivity index (χ4v) is 5.25. The van der Waals surface area contributed by atoms with Crippen molar-refractivity contribution in [1.82, 2.24) is 4.57 Å². The van der Waals surface area contributed by atoms with Crippen LogP contribution in [-0.4, -0.2) is 18.7 Å². The standard InChI is InChI=1S/C34H34N6.C2H6/c1-38(27-12-8-25(36)9-13-27)29-16-18-33-31(20-29)32-21-30(17-19-34(32)40(33)3)39(2)28-14-10-26(11-15-28)37-22-23-4-6-24(35)7-5-23;1-2/h4-21,37H,22,35-36H2,1-3H3;1-2H3. The van der Waals surface area contributed by atoms with E-state index in [0.29, 0.717) is 0 Å². The summed E-state index contributed by atoms with van der Waals surface area (Å²) in [5.74, 6) is 0. The van der Waals surface area contributed by atoms with Crippen LogP contribution in [0.1, 0.15) is 19.4 Å². The summed E-state index contributed by atoms with van der Waals surface area (Å²) >= 11 is 0. The predicted molar refractivity (Wildman–Crippen MR) is 183 cm³/mol. The minimum Gasteiger partial charge on any atom is -0.399 e. The van der Waals surface area contributed by atoms with Crippen molar-refractivity contribution < 1.29 is 0 Å². The Hall–Kier alpha value is -5.10. The van der Waals surface area contributed by atoms with Gasteiger partial charge in [-0.05, 0) is 103 Å². The van der Waals surface area contributed by atoms with Crippen LogP contribution in [-0.2, 0) is 13.6 Å². The molecule has 1 heterocycles. The largest absolute Gasteiger partial charge is 0.399 e. The first-order chi connectivity index (χ1) is 20.4. The lowest BCUT2D eigenvalue weighted by Gasteiger charge is -2.21. The average molecular weight is 557 g/mol. The second-order valence-corrected chi connectivity index (χ2v) is 10.3. The third-order valence-electron chi connectivity index (χ3n) is 7.76. The van der Waals surface area contributed by atoms with Crippen molar-refractivity contribution in [2.24, 2.45) is 7.05 Å². The molecule has 0 spiro atoms. The molecule has 214 valence electrons. The van der Waals surface area contributed by atoms with Crippen molar-refractivity contribution in [1.29, 1.82) is 0 Å². The maximum absolute atomic E-state index is 5.90. The zero-order chi connectivity index (χ0) is 29.8. The molecule has 0 saturated heterocycles. The Morgan fingerprint density at radius 2 is 0.976 bits per heavy atom. The highest BCUT2D eigenvalue weighted by Gasteiger charge is 2.14. The van der Waals surface area contributed by atoms with Crippen molar-refractivity contribution in [3.63, 3.8) is 0 Å². The van der Waals surface area contributed by atoms with E-state index in [4.69, 9.17) is 11.5 Å². The molecular weight excluding hydrogens is 516 g/mol. The van der Waals surface area contributed by atoms with Crippen molar-refractivity contribution in [2.45, 2.75) is 20.4 Å². The van der Waals surface area contributed by atoms with Crippen LogP contribution in [0, 0.1) is 0 Å². The minimum absolute atomic E-state index is 0.753. The molecule has 0 atom stereocenters. The smallest absolute Gasteiger partial charge is 0.0490 e. The van der Waals surface area contributed by atoms with Crippen molar-refractivity contribution in [2.75, 3.05) is 40.7 Å². The van der Waals surface area contributed by atoms with Gasteiger partial charge in [0, 0.05) is 89.3 Å². The van der Waals surface area contributed by atoms with Crippen LogP contribution in [0.15, 0.2) is 109 Å². The van der Waals surface area contributed by atoms with Crippen LogP contribution in [0.5, 0.6) is 0 Å². The van der Waals surface area contributed by atoms with Gasteiger partial charge in [-0.1, -0.05) is 26.0 Å². The van der Waals surface area contributed by atoms with E-state index < -0.39 is 0 Å². The Balaban J connectivity index is 0.00000173. The summed E-state index contributed by atoms with van der Waals surface area (Å²) < 4.78 is 2.27. The lowest BCUT2D eigenvalue weighted by Crippen LogP contribution is -2.09. The fraction of sp³-hybridized carbons (Fsp3) is 0.167. The van der Waals surface area contributed by atoms with Crippen molar-refractivity contribution in [3.8, 4) is 0 Å². The second kappa shape index (κ2) is 12.2. The number of nitrogens with zero attached hydrogens (tertiary/aromatic N) is 3. The van der Waals surface area contributed by atoms with E-state index in [1.54, 1.807) is 0 Å². The van der Waals surface area contributed by atoms with Gasteiger partial charge in [0.05, 0.1) is 0 Å². The number of benzene rings is 5. The molecule has 0 bridgehead atoms. The molecule has 0 radical (unpaired) electrons. The Morgan fingerprint density at radius 3 is 1.45 bits per heavy atom. The van der Waals surface area contributed by atoms with E-state index in [0.717, 1.165) is 46.4 Å². The predicted octanol–water partition coefficient (Wildman–Crippen LogP) is 8.67. The Morgan fingerprint density at radius 1 is 0.571 bits per heavy atom. The lowest BCUT2D eigenvalue weighted by atomic mass is 10.1. The number of fused-ring (bicyclic) bond motifs is 3. The van der Waals surface area contributed by atoms with E-state index in [-0.39, 0.29) is 0 Å². The first kappa shape index (κ1) is 28.4. The second-order valence-electron chi connectivity index (χ2n) is 10.3. The van der Waals surface area contributed by atoms with E-state index in [9.17, 15) is 0 Å². The SMILES string of the molecule is CC.CN(c1ccc(N)cc1)c1ccc2c(c1)c1cc(N(C)c3ccc(NCc4ccc(N)cc4)cc3)ccc1n2C. The van der Waals surface area contributed by atoms with Crippen LogP contribution in [0.2, 0.25) is 0 Å². The minimum atomic E-state index is 0.753. The first-order valence-electron chi connectivity index (χ1n) is 14.4. The summed E-state index contributed by atoms with van der Waals surface area (Å²) in [6.07, 6.45) is 0. The first-order valence-corrected chi connectivity index (χ1v) is 14.4. The Kier molecular flexibility index (Phi) is 8.25. The lowest BCUT2D eigenvalue weighted by molar-refractivity contribution is 1.01. The molecule has 0 amide bonds. The average Bonchev–Trinajstić information content (AvgIpc) is 3.32. The van der Waals surface area contributed by atoms with Gasteiger partial charge in [-0.15, -0.1) is 0 Å². The zero-order valence-corrected chi connectivity index (χ0v) is 25.1. The molecule has 5 N–H and O–H groups in total. The number of nitrogens with one attached hydrogen (secondary N) is 1. The third kappa shape index (κ3) is 5.70. The fourth-order valence-electron chi connectivity index (χ4n) is 5.25. The molecule has 0 aliphatic rings. The molecule has 0 unspecified atom stereocenters. The Bertz CT molecular complexity index is 1790. The monoisotopic (exact) mass is 556 g/mol. The van der Waals surface area contributed by atoms with Gasteiger partial charge < -0.3 is 31.2 Å². The van der Waals surface area contributed by atoms with E-state index >= 15 is 0 Å². The molecule has 6 nitrogen and oxygen atoms in total. The number of rotatable bonds is 7. The molecule has 6 rings (SSSR count). The van der Waals surface area contributed by atoms with Gasteiger partial charge in [0.2, 0.25) is 0 Å². The highest BCUT2D eigenvalue weighted by molar-refractivity contribution is 6.10. The summed E-state index contributed by atoms with van der Waals surface area (Å²) in [5.41, 5.74) is 22.4. The van der Waals surface area contributed by atoms with Gasteiger partial charge in [0.25, 0.3) is 0 Å². The number of nitrogens with two attached hydrogens (primary N) is 2. The van der Waals surface area contributed by atoms with Crippen LogP contribution >= 0.6 is 0 Å². The summed E-state index contributed by atoms with van der Waals surface area (Å²) in [4.78, 5) is 4.42. The molecule has 0 fully saturated rings. The third-order valence-corrected chi connectivity index (χ3v) is 7.76. The molecule has 0 aliphatic heterocycles. The Labute approximate surface area is 248 Å². The summed E-state index contributed by atoms with van der Waals surface area (Å²) in [6, 6.07) is 37.8. The number of hydrogen-bond acceptors (Lipinski definition) is 5. The highest BCUT2D eigenvalue weighted by Crippen LogP contribution is 2.36. The molecule has 0 aliphatic carbocycles. The van der Waals surface area contributed by atoms with Crippen LogP contribution in [0.25, 0.3) is 21.8 Å². The molecule has 6 heteroatoms. The van der Waals surface area contributed by atoms with Crippen molar-refractivity contribution in [3.05, 3.63) is 115 Å². The quantitative estimate of drug-likeness (QED) is 0.172. The molecule has 42 heavy (non-hydrogen) atoms. The molecule has 5 aromatic carbocycles. The van der Waals surface area contributed by atoms with Gasteiger partial charge in [0.1, 0.15) is 0 Å². The topological polar surface area (TPSA) is 75.5 Å². The van der Waals surface area contributed by atoms with Crippen LogP contribution in [0.4, 0.5) is 39.8 Å². The summed E-state index contributed by atoms with van der Waals surface area (Å²) in [7, 11) is 6.34. The zero-order valence-electron chi connectivity index (χ0n) is 25.1. The number of hydrogen-bond donors (Lipinski definition) is 3. The van der Waals surface area contributed by atoms with Gasteiger partial charge >= 0.3 is 0 Å². The normalized spacial score (nSPS) is 10.8. The number of nitrogen functional groups attached to an aromatic ring is 2. The number of aryl methyl sites for hydroxylation is 1. The van der Waals surface area contributed by atoms with Crippen LogP contribution < -0.4 is 26.6 Å². The van der Waals surface area contributed by atoms with Gasteiger partial charge in [-0.3, -0.25) is 0 Å².